The first-order valence-electron chi connectivity index (χ1n) is 9.85. The number of benzene rings is 2. The summed E-state index contributed by atoms with van der Waals surface area (Å²) in [4.78, 5) is 14.3. The van der Waals surface area contributed by atoms with E-state index in [1.54, 1.807) is 18.3 Å². The minimum Gasteiger partial charge on any atom is -0.453 e. The maximum Gasteiger partial charge on any atom is 0.412 e. The summed E-state index contributed by atoms with van der Waals surface area (Å²) in [5.74, 6) is 1.09. The molecule has 0 aliphatic heterocycles. The maximum atomic E-state index is 13.2. The summed E-state index contributed by atoms with van der Waals surface area (Å²) in [6.45, 7) is 6.09. The van der Waals surface area contributed by atoms with E-state index in [0.29, 0.717) is 30.5 Å². The van der Waals surface area contributed by atoms with Gasteiger partial charge in [-0.05, 0) is 50.3 Å². The van der Waals surface area contributed by atoms with Crippen molar-refractivity contribution in [3.63, 3.8) is 0 Å². The second-order valence-electron chi connectivity index (χ2n) is 7.75. The molecular weight excluding hydrogens is 387 g/mol. The molecule has 0 saturated heterocycles. The molecule has 3 rings (SSSR count). The molecule has 30 heavy (non-hydrogen) atoms. The average Bonchev–Trinajstić information content (AvgIpc) is 3.04. The number of aromatic nitrogens is 2. The first kappa shape index (κ1) is 21.6. The normalized spacial score (nSPS) is 11.3. The highest BCUT2D eigenvalue weighted by atomic mass is 19.1. The van der Waals surface area contributed by atoms with Gasteiger partial charge in [0.2, 0.25) is 0 Å². The lowest BCUT2D eigenvalue weighted by Crippen LogP contribution is -2.33. The van der Waals surface area contributed by atoms with Gasteiger partial charge in [-0.1, -0.05) is 13.8 Å². The number of nitrogens with one attached hydrogen (secondary N) is 1. The van der Waals surface area contributed by atoms with Crippen LogP contribution in [0.15, 0.2) is 42.6 Å². The Bertz CT molecular complexity index is 1000. The van der Waals surface area contributed by atoms with Crippen LogP contribution in [0.1, 0.15) is 13.8 Å². The molecule has 1 N–H and O–H groups in total. The van der Waals surface area contributed by atoms with Gasteiger partial charge in [0.15, 0.2) is 11.5 Å². The quantitative estimate of drug-likeness (QED) is 0.596. The Balaban J connectivity index is 1.90. The molecule has 3 aromatic rings. The Hall–Kier alpha value is -3.13. The molecule has 160 valence electrons. The van der Waals surface area contributed by atoms with Gasteiger partial charge in [-0.25, -0.2) is 9.18 Å². The zero-order valence-electron chi connectivity index (χ0n) is 17.7. The van der Waals surface area contributed by atoms with Crippen LogP contribution >= 0.6 is 0 Å². The lowest BCUT2D eigenvalue weighted by atomic mass is 10.2. The molecule has 1 heterocycles. The van der Waals surface area contributed by atoms with E-state index in [9.17, 15) is 9.18 Å². The highest BCUT2D eigenvalue weighted by molar-refractivity contribution is 5.84. The molecule has 2 aromatic carbocycles. The molecule has 0 atom stereocenters. The molecule has 0 spiro atoms. The van der Waals surface area contributed by atoms with Crippen LogP contribution in [0.4, 0.5) is 9.18 Å². The molecule has 0 fully saturated rings. The summed E-state index contributed by atoms with van der Waals surface area (Å²) >= 11 is 0. The smallest absolute Gasteiger partial charge is 0.412 e. The molecular formula is C22H27FN4O3. The van der Waals surface area contributed by atoms with Crippen LogP contribution in [-0.4, -0.2) is 48.0 Å². The second kappa shape index (κ2) is 9.58. The Morgan fingerprint density at radius 2 is 1.93 bits per heavy atom. The molecule has 8 heteroatoms. The van der Waals surface area contributed by atoms with Crippen LogP contribution in [0, 0.1) is 11.7 Å². The van der Waals surface area contributed by atoms with Gasteiger partial charge in [-0.2, -0.15) is 5.10 Å². The van der Waals surface area contributed by atoms with Crippen molar-refractivity contribution in [1.82, 2.24) is 20.0 Å². The lowest BCUT2D eigenvalue weighted by molar-refractivity contribution is 0.197. The number of carbonyl (C=O) groups excluding carboxylic acids is 1. The number of likely N-dealkylation sites (N-methyl/N-ethyl adjacent to an activating group) is 1. The molecule has 0 unspecified atom stereocenters. The van der Waals surface area contributed by atoms with Crippen LogP contribution in [0.25, 0.3) is 10.9 Å². The standard InChI is InChI=1S/C22H27FN4O3/c1-15(2)14-27-19-12-21(30-22(28)24-9-10-26(3)4)20(11-16(19)13-25-27)29-18-7-5-17(23)6-8-18/h5-8,11-13,15H,9-10,14H2,1-4H3,(H,24,28). The summed E-state index contributed by atoms with van der Waals surface area (Å²) in [6, 6.07) is 9.16. The van der Waals surface area contributed by atoms with Crippen LogP contribution in [0.3, 0.4) is 0 Å². The van der Waals surface area contributed by atoms with Crippen molar-refractivity contribution in [3.8, 4) is 17.2 Å². The van der Waals surface area contributed by atoms with E-state index in [4.69, 9.17) is 9.47 Å². The summed E-state index contributed by atoms with van der Waals surface area (Å²) in [6.07, 6.45) is 1.17. The number of nitrogens with zero attached hydrogens (tertiary/aromatic N) is 3. The number of hydrogen-bond acceptors (Lipinski definition) is 5. The third-order valence-corrected chi connectivity index (χ3v) is 4.32. The van der Waals surface area contributed by atoms with Gasteiger partial charge in [0.05, 0.1) is 11.7 Å². The topological polar surface area (TPSA) is 68.6 Å². The monoisotopic (exact) mass is 414 g/mol. The van der Waals surface area contributed by atoms with Crippen molar-refractivity contribution >= 4 is 17.0 Å². The summed E-state index contributed by atoms with van der Waals surface area (Å²) in [5, 5.41) is 8.01. The first-order valence-corrected chi connectivity index (χ1v) is 9.85. The zero-order valence-corrected chi connectivity index (χ0v) is 17.7. The van der Waals surface area contributed by atoms with E-state index in [0.717, 1.165) is 17.4 Å². The summed E-state index contributed by atoms with van der Waals surface area (Å²) in [7, 11) is 3.84. The third kappa shape index (κ3) is 5.70. The number of rotatable bonds is 8. The van der Waals surface area contributed by atoms with Gasteiger partial charge in [0, 0.05) is 31.1 Å². The minimum atomic E-state index is -0.574. The predicted molar refractivity (Wildman–Crippen MR) is 114 cm³/mol. The van der Waals surface area contributed by atoms with Crippen molar-refractivity contribution in [2.45, 2.75) is 20.4 Å². The van der Waals surface area contributed by atoms with Crippen molar-refractivity contribution in [3.05, 3.63) is 48.4 Å². The van der Waals surface area contributed by atoms with E-state index in [1.165, 1.54) is 24.3 Å². The fraction of sp³-hybridized carbons (Fsp3) is 0.364. The largest absolute Gasteiger partial charge is 0.453 e. The summed E-state index contributed by atoms with van der Waals surface area (Å²) < 4.78 is 26.5. The predicted octanol–water partition coefficient (Wildman–Crippen LogP) is 4.27. The molecule has 1 aromatic heterocycles. The number of carbonyl (C=O) groups is 1. The molecule has 0 radical (unpaired) electrons. The van der Waals surface area contributed by atoms with Crippen LogP contribution < -0.4 is 14.8 Å². The Morgan fingerprint density at radius 1 is 1.20 bits per heavy atom. The van der Waals surface area contributed by atoms with E-state index in [-0.39, 0.29) is 11.6 Å². The third-order valence-electron chi connectivity index (χ3n) is 4.32. The van der Waals surface area contributed by atoms with Gasteiger partial charge in [0.25, 0.3) is 0 Å². The van der Waals surface area contributed by atoms with E-state index in [2.05, 4.69) is 24.3 Å². The van der Waals surface area contributed by atoms with Crippen molar-refractivity contribution < 1.29 is 18.7 Å². The molecule has 7 nitrogen and oxygen atoms in total. The van der Waals surface area contributed by atoms with Crippen molar-refractivity contribution in [2.24, 2.45) is 5.92 Å². The Labute approximate surface area is 175 Å². The molecule has 0 bridgehead atoms. The highest BCUT2D eigenvalue weighted by Crippen LogP contribution is 2.36. The fourth-order valence-electron chi connectivity index (χ4n) is 2.88. The molecule has 0 aliphatic carbocycles. The Morgan fingerprint density at radius 3 is 2.60 bits per heavy atom. The van der Waals surface area contributed by atoms with E-state index >= 15 is 0 Å². The SMILES string of the molecule is CC(C)Cn1ncc2cc(Oc3ccc(F)cc3)c(OC(=O)NCCN(C)C)cc21. The van der Waals surface area contributed by atoms with Gasteiger partial charge in [0.1, 0.15) is 11.6 Å². The maximum absolute atomic E-state index is 13.2. The molecule has 1 amide bonds. The number of fused-ring (bicyclic) bond motifs is 1. The van der Waals surface area contributed by atoms with Gasteiger partial charge < -0.3 is 19.7 Å². The van der Waals surface area contributed by atoms with E-state index < -0.39 is 6.09 Å². The average molecular weight is 414 g/mol. The van der Waals surface area contributed by atoms with Gasteiger partial charge in [-0.3, -0.25) is 4.68 Å². The van der Waals surface area contributed by atoms with Crippen molar-refractivity contribution in [1.29, 1.82) is 0 Å². The van der Waals surface area contributed by atoms with Crippen LogP contribution in [-0.2, 0) is 6.54 Å². The molecule has 0 saturated carbocycles. The van der Waals surface area contributed by atoms with Gasteiger partial charge >= 0.3 is 6.09 Å². The van der Waals surface area contributed by atoms with Crippen molar-refractivity contribution in [2.75, 3.05) is 27.2 Å². The second-order valence-corrected chi connectivity index (χ2v) is 7.75. The van der Waals surface area contributed by atoms with Crippen LogP contribution in [0.2, 0.25) is 0 Å². The number of halogens is 1. The van der Waals surface area contributed by atoms with Crippen LogP contribution in [0.5, 0.6) is 17.2 Å². The lowest BCUT2D eigenvalue weighted by Gasteiger charge is -2.14. The van der Waals surface area contributed by atoms with Gasteiger partial charge in [-0.15, -0.1) is 0 Å². The summed E-state index contributed by atoms with van der Waals surface area (Å²) in [5.41, 5.74) is 0.839. The first-order chi connectivity index (χ1) is 14.3. The Kier molecular flexibility index (Phi) is 6.89. The minimum absolute atomic E-state index is 0.264. The number of amides is 1. The zero-order chi connectivity index (χ0) is 21.7. The number of hydrogen-bond donors (Lipinski definition) is 1. The fourth-order valence-corrected chi connectivity index (χ4v) is 2.88. The molecule has 0 aliphatic rings. The van der Waals surface area contributed by atoms with E-state index in [1.807, 2.05) is 23.7 Å². The number of ether oxygens (including phenoxy) is 2. The highest BCUT2D eigenvalue weighted by Gasteiger charge is 2.16.